The van der Waals surface area contributed by atoms with E-state index in [2.05, 4.69) is 58.3 Å². The Morgan fingerprint density at radius 1 is 1.13 bits per heavy atom. The number of pyridine rings is 1. The lowest BCUT2D eigenvalue weighted by Crippen LogP contribution is -2.19. The second-order valence-corrected chi connectivity index (χ2v) is 6.35. The van der Waals surface area contributed by atoms with Gasteiger partial charge in [0.1, 0.15) is 11.5 Å². The molecular weight excluding hydrogens is 286 g/mol. The maximum absolute atomic E-state index is 4.62. The molecular formula is C18H23N5. The maximum Gasteiger partial charge on any atom is 0.137 e. The first-order chi connectivity index (χ1) is 11.0. The van der Waals surface area contributed by atoms with E-state index in [1.807, 2.05) is 30.6 Å². The van der Waals surface area contributed by atoms with Crippen LogP contribution >= 0.6 is 0 Å². The van der Waals surface area contributed by atoms with Gasteiger partial charge in [-0.05, 0) is 26.1 Å². The van der Waals surface area contributed by atoms with E-state index in [4.69, 9.17) is 0 Å². The van der Waals surface area contributed by atoms with Crippen molar-refractivity contribution >= 4 is 5.65 Å². The SMILES string of the molecule is Cc1nc2ccccn2c1CN(C)Cc1cnc(C(C)C)nc1. The second kappa shape index (κ2) is 6.46. The average molecular weight is 309 g/mol. The van der Waals surface area contributed by atoms with Crippen LogP contribution in [0.1, 0.15) is 42.5 Å². The van der Waals surface area contributed by atoms with E-state index in [1.54, 1.807) is 0 Å². The molecule has 0 unspecified atom stereocenters. The molecule has 120 valence electrons. The highest BCUT2D eigenvalue weighted by Crippen LogP contribution is 2.15. The molecule has 0 amide bonds. The van der Waals surface area contributed by atoms with E-state index in [1.165, 1.54) is 5.69 Å². The van der Waals surface area contributed by atoms with Crippen LogP contribution in [0.25, 0.3) is 5.65 Å². The van der Waals surface area contributed by atoms with E-state index in [0.717, 1.165) is 35.8 Å². The summed E-state index contributed by atoms with van der Waals surface area (Å²) in [5, 5.41) is 0. The van der Waals surface area contributed by atoms with Crippen molar-refractivity contribution in [2.45, 2.75) is 39.8 Å². The van der Waals surface area contributed by atoms with Crippen molar-refractivity contribution in [3.05, 3.63) is 59.6 Å². The fourth-order valence-electron chi connectivity index (χ4n) is 2.72. The molecule has 0 bridgehead atoms. The minimum atomic E-state index is 0.364. The molecule has 0 N–H and O–H groups in total. The third kappa shape index (κ3) is 3.40. The molecule has 3 heterocycles. The number of hydrogen-bond acceptors (Lipinski definition) is 4. The van der Waals surface area contributed by atoms with Gasteiger partial charge >= 0.3 is 0 Å². The third-order valence-electron chi connectivity index (χ3n) is 3.94. The van der Waals surface area contributed by atoms with Gasteiger partial charge in [-0.25, -0.2) is 15.0 Å². The quantitative estimate of drug-likeness (QED) is 0.726. The molecule has 0 radical (unpaired) electrons. The summed E-state index contributed by atoms with van der Waals surface area (Å²) in [4.78, 5) is 15.8. The molecule has 0 aliphatic carbocycles. The number of fused-ring (bicyclic) bond motifs is 1. The average Bonchev–Trinajstić information content (AvgIpc) is 2.84. The Morgan fingerprint density at radius 2 is 1.87 bits per heavy atom. The predicted molar refractivity (Wildman–Crippen MR) is 91.2 cm³/mol. The molecule has 3 aromatic heterocycles. The topological polar surface area (TPSA) is 46.3 Å². The van der Waals surface area contributed by atoms with Crippen molar-refractivity contribution in [3.63, 3.8) is 0 Å². The summed E-state index contributed by atoms with van der Waals surface area (Å²) in [5.74, 6) is 1.26. The number of nitrogens with zero attached hydrogens (tertiary/aromatic N) is 5. The smallest absolute Gasteiger partial charge is 0.137 e. The fraction of sp³-hybridized carbons (Fsp3) is 0.389. The molecule has 0 aliphatic rings. The van der Waals surface area contributed by atoms with Gasteiger partial charge in [0.2, 0.25) is 0 Å². The molecule has 0 atom stereocenters. The van der Waals surface area contributed by atoms with Crippen molar-refractivity contribution in [3.8, 4) is 0 Å². The lowest BCUT2D eigenvalue weighted by Gasteiger charge is -2.17. The Bertz CT molecular complexity index is 789. The van der Waals surface area contributed by atoms with Crippen molar-refractivity contribution in [2.75, 3.05) is 7.05 Å². The number of hydrogen-bond donors (Lipinski definition) is 0. The van der Waals surface area contributed by atoms with Crippen LogP contribution in [-0.4, -0.2) is 31.3 Å². The van der Waals surface area contributed by atoms with E-state index in [0.29, 0.717) is 5.92 Å². The highest BCUT2D eigenvalue weighted by molar-refractivity contribution is 5.42. The van der Waals surface area contributed by atoms with Crippen LogP contribution in [0.3, 0.4) is 0 Å². The Labute approximate surface area is 137 Å². The lowest BCUT2D eigenvalue weighted by atomic mass is 10.2. The zero-order chi connectivity index (χ0) is 16.4. The summed E-state index contributed by atoms with van der Waals surface area (Å²) in [6, 6.07) is 6.09. The van der Waals surface area contributed by atoms with Crippen molar-refractivity contribution < 1.29 is 0 Å². The van der Waals surface area contributed by atoms with Gasteiger partial charge in [0.05, 0.1) is 11.4 Å². The predicted octanol–water partition coefficient (Wildman–Crippen LogP) is 3.19. The van der Waals surface area contributed by atoms with Crippen LogP contribution in [0.4, 0.5) is 0 Å². The van der Waals surface area contributed by atoms with E-state index in [-0.39, 0.29) is 0 Å². The second-order valence-electron chi connectivity index (χ2n) is 6.35. The number of rotatable bonds is 5. The highest BCUT2D eigenvalue weighted by atomic mass is 15.1. The van der Waals surface area contributed by atoms with Crippen LogP contribution < -0.4 is 0 Å². The van der Waals surface area contributed by atoms with Gasteiger partial charge in [0.25, 0.3) is 0 Å². The monoisotopic (exact) mass is 309 g/mol. The standard InChI is InChI=1S/C18H23N5/c1-13(2)18-19-9-15(10-20-18)11-22(4)12-16-14(3)21-17-7-5-6-8-23(16)17/h5-10,13H,11-12H2,1-4H3. The van der Waals surface area contributed by atoms with Gasteiger partial charge in [-0.1, -0.05) is 19.9 Å². The maximum atomic E-state index is 4.62. The van der Waals surface area contributed by atoms with Gasteiger partial charge < -0.3 is 4.40 Å². The van der Waals surface area contributed by atoms with Crippen LogP contribution in [0.2, 0.25) is 0 Å². The molecule has 5 heteroatoms. The lowest BCUT2D eigenvalue weighted by molar-refractivity contribution is 0.312. The summed E-state index contributed by atoms with van der Waals surface area (Å²) in [6.45, 7) is 7.93. The summed E-state index contributed by atoms with van der Waals surface area (Å²) < 4.78 is 2.16. The van der Waals surface area contributed by atoms with Gasteiger partial charge in [0.15, 0.2) is 0 Å². The zero-order valence-electron chi connectivity index (χ0n) is 14.2. The van der Waals surface area contributed by atoms with Crippen molar-refractivity contribution in [1.82, 2.24) is 24.3 Å². The Hall–Kier alpha value is -2.27. The Kier molecular flexibility index (Phi) is 4.39. The molecule has 23 heavy (non-hydrogen) atoms. The third-order valence-corrected chi connectivity index (χ3v) is 3.94. The van der Waals surface area contributed by atoms with Gasteiger partial charge in [0, 0.05) is 43.2 Å². The summed E-state index contributed by atoms with van der Waals surface area (Å²) in [7, 11) is 2.11. The van der Waals surface area contributed by atoms with Crippen molar-refractivity contribution in [1.29, 1.82) is 0 Å². The summed E-state index contributed by atoms with van der Waals surface area (Å²) in [6.07, 6.45) is 5.93. The molecule has 0 spiro atoms. The van der Waals surface area contributed by atoms with Crippen LogP contribution in [0.5, 0.6) is 0 Å². The van der Waals surface area contributed by atoms with E-state index < -0.39 is 0 Å². The number of imidazole rings is 1. The van der Waals surface area contributed by atoms with Crippen LogP contribution in [-0.2, 0) is 13.1 Å². The normalized spacial score (nSPS) is 11.7. The molecule has 3 rings (SSSR count). The number of aromatic nitrogens is 4. The minimum Gasteiger partial charge on any atom is -0.302 e. The van der Waals surface area contributed by atoms with Crippen LogP contribution in [0, 0.1) is 6.92 Å². The molecule has 0 aliphatic heterocycles. The largest absolute Gasteiger partial charge is 0.302 e. The highest BCUT2D eigenvalue weighted by Gasteiger charge is 2.11. The number of aryl methyl sites for hydroxylation is 1. The molecule has 0 saturated carbocycles. The Morgan fingerprint density at radius 3 is 2.57 bits per heavy atom. The first kappa shape index (κ1) is 15.6. The Balaban J connectivity index is 1.73. The first-order valence-corrected chi connectivity index (χ1v) is 7.96. The summed E-state index contributed by atoms with van der Waals surface area (Å²) in [5.41, 5.74) is 4.43. The molecule has 5 nitrogen and oxygen atoms in total. The molecule has 0 saturated heterocycles. The summed E-state index contributed by atoms with van der Waals surface area (Å²) >= 11 is 0. The molecule has 3 aromatic rings. The van der Waals surface area contributed by atoms with Crippen LogP contribution in [0.15, 0.2) is 36.8 Å². The zero-order valence-corrected chi connectivity index (χ0v) is 14.2. The minimum absolute atomic E-state index is 0.364. The van der Waals surface area contributed by atoms with Gasteiger partial charge in [-0.15, -0.1) is 0 Å². The van der Waals surface area contributed by atoms with Crippen molar-refractivity contribution in [2.24, 2.45) is 0 Å². The van der Waals surface area contributed by atoms with Gasteiger partial charge in [-0.2, -0.15) is 0 Å². The van der Waals surface area contributed by atoms with E-state index in [9.17, 15) is 0 Å². The van der Waals surface area contributed by atoms with Gasteiger partial charge in [-0.3, -0.25) is 4.90 Å². The molecule has 0 fully saturated rings. The first-order valence-electron chi connectivity index (χ1n) is 7.96. The molecule has 0 aromatic carbocycles. The van der Waals surface area contributed by atoms with E-state index >= 15 is 0 Å². The fourth-order valence-corrected chi connectivity index (χ4v) is 2.72.